The van der Waals surface area contributed by atoms with Crippen LogP contribution in [0.2, 0.25) is 0 Å². The Morgan fingerprint density at radius 3 is 2.38 bits per heavy atom. The van der Waals surface area contributed by atoms with Crippen molar-refractivity contribution in [2.75, 3.05) is 44.2 Å². The van der Waals surface area contributed by atoms with Crippen LogP contribution in [0.5, 0.6) is 5.75 Å². The summed E-state index contributed by atoms with van der Waals surface area (Å²) in [6.45, 7) is 7.18. The van der Waals surface area contributed by atoms with Crippen molar-refractivity contribution in [2.45, 2.75) is 6.92 Å². The molecule has 5 heteroatoms. The molecule has 2 aliphatic heterocycles. The topological polar surface area (TPSA) is 55.8 Å². The Hall–Kier alpha value is -1.75. The molecule has 2 aliphatic rings. The van der Waals surface area contributed by atoms with Gasteiger partial charge in [0.2, 0.25) is 5.91 Å². The van der Waals surface area contributed by atoms with Gasteiger partial charge in [-0.15, -0.1) is 0 Å². The molecule has 0 aromatic heterocycles. The molecule has 1 amide bonds. The summed E-state index contributed by atoms with van der Waals surface area (Å²) in [5, 5.41) is 12.6. The minimum Gasteiger partial charge on any atom is -0.508 e. The summed E-state index contributed by atoms with van der Waals surface area (Å²) >= 11 is 0. The molecular weight excluding hydrogens is 266 g/mol. The lowest BCUT2D eigenvalue weighted by Crippen LogP contribution is -2.51. The van der Waals surface area contributed by atoms with Gasteiger partial charge in [-0.25, -0.2) is 0 Å². The molecule has 2 fully saturated rings. The molecule has 2 heterocycles. The summed E-state index contributed by atoms with van der Waals surface area (Å²) in [4.78, 5) is 16.8. The van der Waals surface area contributed by atoms with Gasteiger partial charge in [-0.3, -0.25) is 4.79 Å². The van der Waals surface area contributed by atoms with Gasteiger partial charge in [-0.1, -0.05) is 6.92 Å². The molecular formula is C16H23N3O2. The number of anilines is 1. The predicted molar refractivity (Wildman–Crippen MR) is 82.4 cm³/mol. The summed E-state index contributed by atoms with van der Waals surface area (Å²) in [7, 11) is 0. The fourth-order valence-corrected chi connectivity index (χ4v) is 3.22. The van der Waals surface area contributed by atoms with Crippen LogP contribution in [0.15, 0.2) is 24.3 Å². The van der Waals surface area contributed by atoms with E-state index in [4.69, 9.17) is 0 Å². The van der Waals surface area contributed by atoms with Crippen LogP contribution < -0.4 is 10.2 Å². The minimum absolute atomic E-state index is 0.144. The van der Waals surface area contributed by atoms with Gasteiger partial charge in [0.25, 0.3) is 0 Å². The van der Waals surface area contributed by atoms with Crippen molar-refractivity contribution in [3.05, 3.63) is 24.3 Å². The van der Waals surface area contributed by atoms with Gasteiger partial charge in [-0.2, -0.15) is 0 Å². The maximum atomic E-state index is 12.5. The SMILES string of the molecule is CC1CNCC1C(=O)N1CCN(c2ccc(O)cc2)CC1. The Labute approximate surface area is 125 Å². The molecule has 2 atom stereocenters. The van der Waals surface area contributed by atoms with Crippen LogP contribution in [0.4, 0.5) is 5.69 Å². The first-order valence-corrected chi connectivity index (χ1v) is 7.68. The quantitative estimate of drug-likeness (QED) is 0.849. The molecule has 0 aliphatic carbocycles. The van der Waals surface area contributed by atoms with Gasteiger partial charge >= 0.3 is 0 Å². The fourth-order valence-electron chi connectivity index (χ4n) is 3.22. The van der Waals surface area contributed by atoms with Gasteiger partial charge < -0.3 is 20.2 Å². The number of amides is 1. The first-order valence-electron chi connectivity index (χ1n) is 7.68. The predicted octanol–water partition coefficient (Wildman–Crippen LogP) is 0.896. The number of hydrogen-bond donors (Lipinski definition) is 2. The van der Waals surface area contributed by atoms with Crippen molar-refractivity contribution in [1.82, 2.24) is 10.2 Å². The zero-order valence-electron chi connectivity index (χ0n) is 12.5. The van der Waals surface area contributed by atoms with Gasteiger partial charge in [0.05, 0.1) is 5.92 Å². The normalized spacial score (nSPS) is 26.1. The summed E-state index contributed by atoms with van der Waals surface area (Å²) < 4.78 is 0. The van der Waals surface area contributed by atoms with E-state index in [2.05, 4.69) is 17.1 Å². The van der Waals surface area contributed by atoms with Crippen LogP contribution in [-0.2, 0) is 4.79 Å². The molecule has 0 radical (unpaired) electrons. The van der Waals surface area contributed by atoms with E-state index in [-0.39, 0.29) is 11.7 Å². The molecule has 1 aromatic rings. The molecule has 21 heavy (non-hydrogen) atoms. The Bertz CT molecular complexity index is 495. The van der Waals surface area contributed by atoms with Crippen molar-refractivity contribution in [3.63, 3.8) is 0 Å². The number of benzene rings is 1. The van der Waals surface area contributed by atoms with Crippen LogP contribution in [0.3, 0.4) is 0 Å². The van der Waals surface area contributed by atoms with E-state index in [1.807, 2.05) is 17.0 Å². The van der Waals surface area contributed by atoms with Crippen molar-refractivity contribution in [1.29, 1.82) is 0 Å². The zero-order valence-corrected chi connectivity index (χ0v) is 12.5. The Morgan fingerprint density at radius 1 is 1.14 bits per heavy atom. The van der Waals surface area contributed by atoms with Gasteiger partial charge in [0.1, 0.15) is 5.75 Å². The highest BCUT2D eigenvalue weighted by molar-refractivity contribution is 5.80. The number of aromatic hydroxyl groups is 1. The number of nitrogens with one attached hydrogen (secondary N) is 1. The third kappa shape index (κ3) is 2.97. The van der Waals surface area contributed by atoms with E-state index in [0.717, 1.165) is 45.0 Å². The molecule has 0 bridgehead atoms. The molecule has 3 rings (SSSR count). The van der Waals surface area contributed by atoms with Crippen molar-refractivity contribution in [3.8, 4) is 5.75 Å². The first kappa shape index (κ1) is 14.2. The monoisotopic (exact) mass is 289 g/mol. The van der Waals surface area contributed by atoms with Crippen LogP contribution >= 0.6 is 0 Å². The number of piperazine rings is 1. The van der Waals surface area contributed by atoms with E-state index in [1.165, 1.54) is 0 Å². The van der Waals surface area contributed by atoms with E-state index in [0.29, 0.717) is 11.8 Å². The highest BCUT2D eigenvalue weighted by Gasteiger charge is 2.33. The average Bonchev–Trinajstić information content (AvgIpc) is 2.94. The Morgan fingerprint density at radius 2 is 1.81 bits per heavy atom. The second-order valence-corrected chi connectivity index (χ2v) is 6.07. The van der Waals surface area contributed by atoms with E-state index in [1.54, 1.807) is 12.1 Å². The van der Waals surface area contributed by atoms with Gasteiger partial charge in [-0.05, 0) is 36.7 Å². The summed E-state index contributed by atoms with van der Waals surface area (Å²) in [5.41, 5.74) is 1.11. The number of nitrogens with zero attached hydrogens (tertiary/aromatic N) is 2. The van der Waals surface area contributed by atoms with Crippen LogP contribution in [0, 0.1) is 11.8 Å². The molecule has 2 saturated heterocycles. The third-order valence-corrected chi connectivity index (χ3v) is 4.64. The summed E-state index contributed by atoms with van der Waals surface area (Å²) in [6.07, 6.45) is 0. The lowest BCUT2D eigenvalue weighted by molar-refractivity contribution is -0.136. The van der Waals surface area contributed by atoms with E-state index >= 15 is 0 Å². The maximum absolute atomic E-state index is 12.5. The second-order valence-electron chi connectivity index (χ2n) is 6.07. The molecule has 5 nitrogen and oxygen atoms in total. The van der Waals surface area contributed by atoms with Gasteiger partial charge in [0, 0.05) is 38.4 Å². The number of phenolic OH excluding ortho intramolecular Hbond substituents is 1. The van der Waals surface area contributed by atoms with Crippen molar-refractivity contribution in [2.24, 2.45) is 11.8 Å². The van der Waals surface area contributed by atoms with E-state index in [9.17, 15) is 9.90 Å². The molecule has 0 spiro atoms. The Kier molecular flexibility index (Phi) is 4.01. The third-order valence-electron chi connectivity index (χ3n) is 4.64. The van der Waals surface area contributed by atoms with E-state index < -0.39 is 0 Å². The number of rotatable bonds is 2. The molecule has 2 N–H and O–H groups in total. The maximum Gasteiger partial charge on any atom is 0.227 e. The van der Waals surface area contributed by atoms with Crippen LogP contribution in [0.1, 0.15) is 6.92 Å². The lowest BCUT2D eigenvalue weighted by Gasteiger charge is -2.37. The van der Waals surface area contributed by atoms with Gasteiger partial charge in [0.15, 0.2) is 0 Å². The van der Waals surface area contributed by atoms with Crippen LogP contribution in [0.25, 0.3) is 0 Å². The van der Waals surface area contributed by atoms with Crippen molar-refractivity contribution >= 4 is 11.6 Å². The smallest absolute Gasteiger partial charge is 0.227 e. The highest BCUT2D eigenvalue weighted by atomic mass is 16.3. The number of carbonyl (C=O) groups excluding carboxylic acids is 1. The summed E-state index contributed by atoms with van der Waals surface area (Å²) in [6, 6.07) is 7.27. The zero-order chi connectivity index (χ0) is 14.8. The number of hydrogen-bond acceptors (Lipinski definition) is 4. The fraction of sp³-hybridized carbons (Fsp3) is 0.562. The van der Waals surface area contributed by atoms with Crippen molar-refractivity contribution < 1.29 is 9.90 Å². The van der Waals surface area contributed by atoms with Crippen LogP contribution in [-0.4, -0.2) is 55.2 Å². The number of carbonyl (C=O) groups is 1. The number of phenols is 1. The lowest BCUT2D eigenvalue weighted by atomic mass is 9.96. The molecule has 2 unspecified atom stereocenters. The Balaban J connectivity index is 1.57. The molecule has 1 aromatic carbocycles. The molecule has 0 saturated carbocycles. The largest absolute Gasteiger partial charge is 0.508 e. The minimum atomic E-state index is 0.144. The standard InChI is InChI=1S/C16H23N3O2/c1-12-10-17-11-15(12)16(21)19-8-6-18(7-9-19)13-2-4-14(20)5-3-13/h2-5,12,15,17,20H,6-11H2,1H3. The second kappa shape index (κ2) is 5.93. The average molecular weight is 289 g/mol. The highest BCUT2D eigenvalue weighted by Crippen LogP contribution is 2.22. The first-order chi connectivity index (χ1) is 10.1. The summed E-state index contributed by atoms with van der Waals surface area (Å²) in [5.74, 6) is 1.17. The molecule has 114 valence electrons.